The summed E-state index contributed by atoms with van der Waals surface area (Å²) in [5, 5.41) is 7.86. The molecule has 0 radical (unpaired) electrons. The fourth-order valence-electron chi connectivity index (χ4n) is 4.78. The van der Waals surface area contributed by atoms with E-state index in [2.05, 4.69) is 59.0 Å². The van der Waals surface area contributed by atoms with Crippen LogP contribution in [0.4, 0.5) is 0 Å². The molecule has 0 fully saturated rings. The highest BCUT2D eigenvalue weighted by Gasteiger charge is 2.21. The van der Waals surface area contributed by atoms with Gasteiger partial charge in [0.1, 0.15) is 11.2 Å². The van der Waals surface area contributed by atoms with Crippen LogP contribution >= 0.6 is 11.6 Å². The van der Waals surface area contributed by atoms with Gasteiger partial charge in [0, 0.05) is 21.5 Å². The minimum absolute atomic E-state index is 0.736. The molecule has 0 bridgehead atoms. The summed E-state index contributed by atoms with van der Waals surface area (Å²) in [4.78, 5) is 0. The molecular weight excluding hydrogens is 354 g/mol. The summed E-state index contributed by atoms with van der Waals surface area (Å²) in [6.07, 6.45) is 0. The van der Waals surface area contributed by atoms with Gasteiger partial charge < -0.3 is 8.82 Å². The summed E-state index contributed by atoms with van der Waals surface area (Å²) >= 11 is 6.81. The summed E-state index contributed by atoms with van der Waals surface area (Å²) in [5.41, 5.74) is 5.15. The minimum Gasteiger partial charge on any atom is -0.456 e. The van der Waals surface area contributed by atoms with E-state index in [0.29, 0.717) is 0 Å². The van der Waals surface area contributed by atoms with Crippen molar-refractivity contribution < 1.29 is 4.42 Å². The van der Waals surface area contributed by atoms with Crippen LogP contribution in [0.1, 0.15) is 0 Å². The monoisotopic (exact) mass is 365 g/mol. The van der Waals surface area contributed by atoms with Crippen LogP contribution in [0.3, 0.4) is 0 Å². The Labute approximate surface area is 158 Å². The smallest absolute Gasteiger partial charge is 0.137 e. The van der Waals surface area contributed by atoms with Gasteiger partial charge in [-0.15, -0.1) is 0 Å². The van der Waals surface area contributed by atoms with Gasteiger partial charge in [0.15, 0.2) is 0 Å². The van der Waals surface area contributed by atoms with Gasteiger partial charge in [0.2, 0.25) is 0 Å². The molecule has 0 amide bonds. The molecule has 27 heavy (non-hydrogen) atoms. The van der Waals surface area contributed by atoms with Crippen molar-refractivity contribution >= 4 is 71.6 Å². The van der Waals surface area contributed by atoms with Crippen LogP contribution in [-0.2, 0) is 0 Å². The van der Waals surface area contributed by atoms with E-state index in [4.69, 9.17) is 16.0 Å². The van der Waals surface area contributed by atoms with E-state index in [1.807, 2.05) is 18.2 Å². The third kappa shape index (κ3) is 1.51. The largest absolute Gasteiger partial charge is 0.456 e. The molecule has 0 aliphatic heterocycles. The van der Waals surface area contributed by atoms with Crippen LogP contribution in [-0.4, -0.2) is 4.40 Å². The average molecular weight is 366 g/mol. The zero-order valence-electron chi connectivity index (χ0n) is 14.2. The normalized spacial score (nSPS) is 12.6. The molecule has 3 heteroatoms. The zero-order chi connectivity index (χ0) is 17.7. The van der Waals surface area contributed by atoms with Gasteiger partial charge >= 0.3 is 0 Å². The highest BCUT2D eigenvalue weighted by molar-refractivity contribution is 6.39. The second kappa shape index (κ2) is 4.54. The molecular formula is C24H12ClNO. The Morgan fingerprint density at radius 3 is 2.22 bits per heavy atom. The maximum Gasteiger partial charge on any atom is 0.137 e. The second-order valence-electron chi connectivity index (χ2n) is 7.10. The maximum atomic E-state index is 6.81. The third-order valence-electron chi connectivity index (χ3n) is 5.80. The number of hydrogen-bond acceptors (Lipinski definition) is 1. The number of benzene rings is 4. The summed E-state index contributed by atoms with van der Waals surface area (Å²) < 4.78 is 8.51. The summed E-state index contributed by atoms with van der Waals surface area (Å²) in [7, 11) is 0. The van der Waals surface area contributed by atoms with Crippen LogP contribution in [0.2, 0.25) is 5.02 Å². The predicted octanol–water partition coefficient (Wildman–Crippen LogP) is 7.39. The molecule has 2 nitrogen and oxygen atoms in total. The van der Waals surface area contributed by atoms with E-state index in [1.165, 1.54) is 27.1 Å². The standard InChI is InChI=1S/C24H12ClNO/c25-17-11-12-20-22-21-14(6-4-10-19(21)27-20)16-8-3-7-15-13-5-1-2-9-18(13)26(23(15)16)24(17)22/h1-12H. The number of para-hydroxylation sites is 2. The Hall–Kier alpha value is -3.23. The lowest BCUT2D eigenvalue weighted by Crippen LogP contribution is -1.86. The molecule has 0 aliphatic carbocycles. The van der Waals surface area contributed by atoms with Crippen molar-refractivity contribution in [3.8, 4) is 0 Å². The number of halogens is 1. The first-order chi connectivity index (χ1) is 13.3. The van der Waals surface area contributed by atoms with Crippen LogP contribution < -0.4 is 0 Å². The van der Waals surface area contributed by atoms with Crippen molar-refractivity contribution in [2.24, 2.45) is 0 Å². The molecule has 0 saturated carbocycles. The SMILES string of the molecule is Clc1ccc2oc3cccc4c5cccc6c7ccccc7n(c1c2c34)c56. The quantitative estimate of drug-likeness (QED) is 0.274. The van der Waals surface area contributed by atoms with E-state index in [9.17, 15) is 0 Å². The van der Waals surface area contributed by atoms with Crippen LogP contribution in [0.15, 0.2) is 77.2 Å². The number of hydrogen-bond donors (Lipinski definition) is 0. The average Bonchev–Trinajstić information content (AvgIpc) is 3.19. The van der Waals surface area contributed by atoms with Crippen molar-refractivity contribution in [1.29, 1.82) is 0 Å². The van der Waals surface area contributed by atoms with E-state index in [0.717, 1.165) is 38.0 Å². The lowest BCUT2D eigenvalue weighted by molar-refractivity contribution is 0.669. The summed E-state index contributed by atoms with van der Waals surface area (Å²) in [6, 6.07) is 25.3. The number of rotatable bonds is 0. The Kier molecular flexibility index (Phi) is 2.34. The first-order valence-corrected chi connectivity index (χ1v) is 9.37. The summed E-state index contributed by atoms with van der Waals surface area (Å²) in [5.74, 6) is 0. The first kappa shape index (κ1) is 13.9. The van der Waals surface area contributed by atoms with E-state index in [1.54, 1.807) is 0 Å². The topological polar surface area (TPSA) is 17.6 Å². The van der Waals surface area contributed by atoms with Gasteiger partial charge in [-0.1, -0.05) is 60.1 Å². The first-order valence-electron chi connectivity index (χ1n) is 8.99. The zero-order valence-corrected chi connectivity index (χ0v) is 14.9. The van der Waals surface area contributed by atoms with Gasteiger partial charge in [-0.3, -0.25) is 0 Å². The molecule has 0 spiro atoms. The molecule has 3 aromatic heterocycles. The molecule has 3 heterocycles. The molecule has 0 saturated heterocycles. The molecule has 0 aliphatic rings. The van der Waals surface area contributed by atoms with Gasteiger partial charge in [-0.2, -0.15) is 0 Å². The number of fused-ring (bicyclic) bond motifs is 5. The van der Waals surface area contributed by atoms with Crippen LogP contribution in [0, 0.1) is 0 Å². The Balaban J connectivity index is 2.08. The number of nitrogens with zero attached hydrogens (tertiary/aromatic N) is 1. The number of aromatic nitrogens is 1. The Bertz CT molecular complexity index is 1690. The van der Waals surface area contributed by atoms with Crippen molar-refractivity contribution in [3.05, 3.63) is 77.8 Å². The Morgan fingerprint density at radius 2 is 1.30 bits per heavy atom. The molecule has 0 atom stereocenters. The highest BCUT2D eigenvalue weighted by Crippen LogP contribution is 2.44. The minimum atomic E-state index is 0.736. The van der Waals surface area contributed by atoms with Gasteiger partial charge in [0.05, 0.1) is 27.0 Å². The molecule has 126 valence electrons. The molecule has 0 unspecified atom stereocenters. The van der Waals surface area contributed by atoms with Crippen molar-refractivity contribution in [3.63, 3.8) is 0 Å². The maximum absolute atomic E-state index is 6.81. The third-order valence-corrected chi connectivity index (χ3v) is 6.10. The lowest BCUT2D eigenvalue weighted by atomic mass is 10.0. The van der Waals surface area contributed by atoms with Crippen LogP contribution in [0.25, 0.3) is 60.0 Å². The van der Waals surface area contributed by atoms with Crippen molar-refractivity contribution in [2.75, 3.05) is 0 Å². The second-order valence-corrected chi connectivity index (χ2v) is 7.51. The van der Waals surface area contributed by atoms with Gasteiger partial charge in [-0.05, 0) is 29.7 Å². The van der Waals surface area contributed by atoms with E-state index < -0.39 is 0 Å². The fraction of sp³-hybridized carbons (Fsp3) is 0. The number of furan rings is 1. The van der Waals surface area contributed by atoms with Crippen molar-refractivity contribution in [1.82, 2.24) is 4.40 Å². The van der Waals surface area contributed by atoms with E-state index >= 15 is 0 Å². The molecule has 7 aromatic rings. The Morgan fingerprint density at radius 1 is 0.593 bits per heavy atom. The van der Waals surface area contributed by atoms with E-state index in [-0.39, 0.29) is 0 Å². The molecule has 4 aromatic carbocycles. The van der Waals surface area contributed by atoms with Gasteiger partial charge in [-0.25, -0.2) is 0 Å². The molecule has 0 N–H and O–H groups in total. The van der Waals surface area contributed by atoms with Crippen LogP contribution in [0.5, 0.6) is 0 Å². The summed E-state index contributed by atoms with van der Waals surface area (Å²) in [6.45, 7) is 0. The molecule has 7 rings (SSSR count). The predicted molar refractivity (Wildman–Crippen MR) is 113 cm³/mol. The highest BCUT2D eigenvalue weighted by atomic mass is 35.5. The fourth-order valence-corrected chi connectivity index (χ4v) is 5.02. The van der Waals surface area contributed by atoms with Crippen molar-refractivity contribution in [2.45, 2.75) is 0 Å². The lowest BCUT2D eigenvalue weighted by Gasteiger charge is -2.03. The van der Waals surface area contributed by atoms with Gasteiger partial charge in [0.25, 0.3) is 0 Å².